The highest BCUT2D eigenvalue weighted by Gasteiger charge is 1.99. The molecular formula is C13H20N2O. The minimum absolute atomic E-state index is 0.0509. The lowest BCUT2D eigenvalue weighted by Gasteiger charge is -2.07. The largest absolute Gasteiger partial charge is 0.376 e. The number of aryl methyl sites for hydroxylation is 1. The van der Waals surface area contributed by atoms with Crippen LogP contribution in [-0.4, -0.2) is 19.0 Å². The van der Waals surface area contributed by atoms with E-state index in [1.807, 2.05) is 31.2 Å². The van der Waals surface area contributed by atoms with Crippen molar-refractivity contribution in [3.05, 3.63) is 29.8 Å². The molecule has 1 rings (SSSR count). The Morgan fingerprint density at radius 3 is 2.88 bits per heavy atom. The fourth-order valence-electron chi connectivity index (χ4n) is 1.40. The molecule has 3 heteroatoms. The second-order valence-corrected chi connectivity index (χ2v) is 3.93. The SMILES string of the molecule is CCCCNC(=O)CNc1cccc(C)c1. The minimum atomic E-state index is 0.0509. The normalized spacial score (nSPS) is 9.88. The van der Waals surface area contributed by atoms with Gasteiger partial charge in [0.1, 0.15) is 0 Å². The molecule has 0 aliphatic heterocycles. The van der Waals surface area contributed by atoms with Gasteiger partial charge in [-0.1, -0.05) is 25.5 Å². The molecule has 1 aromatic rings. The molecule has 0 saturated carbocycles. The fraction of sp³-hybridized carbons (Fsp3) is 0.462. The Bertz CT molecular complexity index is 336. The summed E-state index contributed by atoms with van der Waals surface area (Å²) in [5, 5.41) is 5.97. The Balaban J connectivity index is 2.26. The zero-order valence-electron chi connectivity index (χ0n) is 10.0. The molecular weight excluding hydrogens is 200 g/mol. The molecule has 3 nitrogen and oxygen atoms in total. The fourth-order valence-corrected chi connectivity index (χ4v) is 1.40. The first-order chi connectivity index (χ1) is 7.72. The molecule has 0 aromatic heterocycles. The van der Waals surface area contributed by atoms with Crippen LogP contribution in [0.3, 0.4) is 0 Å². The molecule has 1 aromatic carbocycles. The maximum absolute atomic E-state index is 11.4. The van der Waals surface area contributed by atoms with Crippen molar-refractivity contribution in [3.63, 3.8) is 0 Å². The summed E-state index contributed by atoms with van der Waals surface area (Å²) in [6.07, 6.45) is 2.14. The first-order valence-corrected chi connectivity index (χ1v) is 5.79. The van der Waals surface area contributed by atoms with Gasteiger partial charge in [-0.2, -0.15) is 0 Å². The first kappa shape index (κ1) is 12.6. The van der Waals surface area contributed by atoms with Crippen LogP contribution < -0.4 is 10.6 Å². The molecule has 2 N–H and O–H groups in total. The minimum Gasteiger partial charge on any atom is -0.376 e. The number of carbonyl (C=O) groups excluding carboxylic acids is 1. The highest BCUT2D eigenvalue weighted by atomic mass is 16.1. The summed E-state index contributed by atoms with van der Waals surface area (Å²) in [5.41, 5.74) is 2.18. The number of hydrogen-bond donors (Lipinski definition) is 2. The number of hydrogen-bond acceptors (Lipinski definition) is 2. The van der Waals surface area contributed by atoms with Gasteiger partial charge in [0.05, 0.1) is 6.54 Å². The Morgan fingerprint density at radius 2 is 2.19 bits per heavy atom. The van der Waals surface area contributed by atoms with Gasteiger partial charge in [0.15, 0.2) is 0 Å². The van der Waals surface area contributed by atoms with Gasteiger partial charge in [-0.15, -0.1) is 0 Å². The van der Waals surface area contributed by atoms with Crippen LogP contribution >= 0.6 is 0 Å². The number of benzene rings is 1. The Hall–Kier alpha value is -1.51. The van der Waals surface area contributed by atoms with Crippen LogP contribution in [0.25, 0.3) is 0 Å². The van der Waals surface area contributed by atoms with Gasteiger partial charge in [0.2, 0.25) is 5.91 Å². The first-order valence-electron chi connectivity index (χ1n) is 5.79. The van der Waals surface area contributed by atoms with Gasteiger partial charge < -0.3 is 10.6 Å². The quantitative estimate of drug-likeness (QED) is 0.722. The summed E-state index contributed by atoms with van der Waals surface area (Å²) in [6.45, 7) is 5.25. The Labute approximate surface area is 97.2 Å². The van der Waals surface area contributed by atoms with Gasteiger partial charge in [-0.25, -0.2) is 0 Å². The maximum Gasteiger partial charge on any atom is 0.239 e. The predicted molar refractivity (Wildman–Crippen MR) is 67.6 cm³/mol. The van der Waals surface area contributed by atoms with Crippen LogP contribution in [0.1, 0.15) is 25.3 Å². The van der Waals surface area contributed by atoms with E-state index >= 15 is 0 Å². The number of amides is 1. The highest BCUT2D eigenvalue weighted by Crippen LogP contribution is 2.08. The summed E-state index contributed by atoms with van der Waals surface area (Å²) < 4.78 is 0. The zero-order valence-corrected chi connectivity index (χ0v) is 10.0. The molecule has 0 aliphatic carbocycles. The van der Waals surface area contributed by atoms with E-state index in [1.54, 1.807) is 0 Å². The van der Waals surface area contributed by atoms with Crippen molar-refractivity contribution in [2.45, 2.75) is 26.7 Å². The molecule has 0 saturated heterocycles. The number of anilines is 1. The second-order valence-electron chi connectivity index (χ2n) is 3.93. The molecule has 88 valence electrons. The predicted octanol–water partition coefficient (Wildman–Crippen LogP) is 2.32. The molecule has 0 aliphatic rings. The maximum atomic E-state index is 11.4. The van der Waals surface area contributed by atoms with Gasteiger partial charge >= 0.3 is 0 Å². The summed E-state index contributed by atoms with van der Waals surface area (Å²) >= 11 is 0. The summed E-state index contributed by atoms with van der Waals surface area (Å²) in [7, 11) is 0. The van der Waals surface area contributed by atoms with Gasteiger partial charge in [-0.3, -0.25) is 4.79 Å². The van der Waals surface area contributed by atoms with Gasteiger partial charge in [0, 0.05) is 12.2 Å². The van der Waals surface area contributed by atoms with E-state index in [4.69, 9.17) is 0 Å². The number of carbonyl (C=O) groups is 1. The van der Waals surface area contributed by atoms with E-state index in [0.717, 1.165) is 25.1 Å². The van der Waals surface area contributed by atoms with E-state index in [9.17, 15) is 4.79 Å². The lowest BCUT2D eigenvalue weighted by molar-refractivity contribution is -0.119. The van der Waals surface area contributed by atoms with Crippen LogP contribution in [0.4, 0.5) is 5.69 Å². The molecule has 0 heterocycles. The van der Waals surface area contributed by atoms with Crippen LogP contribution in [0.2, 0.25) is 0 Å². The van der Waals surface area contributed by atoms with Crippen molar-refractivity contribution in [1.29, 1.82) is 0 Å². The van der Waals surface area contributed by atoms with Crippen LogP contribution in [0.5, 0.6) is 0 Å². The molecule has 0 bridgehead atoms. The molecule has 0 unspecified atom stereocenters. The highest BCUT2D eigenvalue weighted by molar-refractivity contribution is 5.80. The number of nitrogens with one attached hydrogen (secondary N) is 2. The molecule has 0 fully saturated rings. The van der Waals surface area contributed by atoms with E-state index in [-0.39, 0.29) is 5.91 Å². The van der Waals surface area contributed by atoms with Crippen molar-refractivity contribution < 1.29 is 4.79 Å². The van der Waals surface area contributed by atoms with E-state index in [0.29, 0.717) is 6.54 Å². The third-order valence-corrected chi connectivity index (χ3v) is 2.32. The van der Waals surface area contributed by atoms with Crippen LogP contribution in [0.15, 0.2) is 24.3 Å². The molecule has 0 radical (unpaired) electrons. The summed E-state index contributed by atoms with van der Waals surface area (Å²) in [4.78, 5) is 11.4. The standard InChI is InChI=1S/C13H20N2O/c1-3-4-8-14-13(16)10-15-12-7-5-6-11(2)9-12/h5-7,9,15H,3-4,8,10H2,1-2H3,(H,14,16). The summed E-state index contributed by atoms with van der Waals surface area (Å²) in [5.74, 6) is 0.0509. The Kier molecular flexibility index (Phi) is 5.40. The van der Waals surface area contributed by atoms with Crippen molar-refractivity contribution in [1.82, 2.24) is 5.32 Å². The third kappa shape index (κ3) is 4.82. The van der Waals surface area contributed by atoms with Crippen LogP contribution in [-0.2, 0) is 4.79 Å². The average Bonchev–Trinajstić information content (AvgIpc) is 2.27. The zero-order chi connectivity index (χ0) is 11.8. The Morgan fingerprint density at radius 1 is 1.38 bits per heavy atom. The van der Waals surface area contributed by atoms with Crippen molar-refractivity contribution >= 4 is 11.6 Å². The smallest absolute Gasteiger partial charge is 0.239 e. The lowest BCUT2D eigenvalue weighted by atomic mass is 10.2. The number of unbranched alkanes of at least 4 members (excludes halogenated alkanes) is 1. The van der Waals surface area contributed by atoms with E-state index < -0.39 is 0 Å². The summed E-state index contributed by atoms with van der Waals surface area (Å²) in [6, 6.07) is 8.00. The molecule has 0 spiro atoms. The van der Waals surface area contributed by atoms with Gasteiger partial charge in [-0.05, 0) is 31.0 Å². The number of rotatable bonds is 6. The monoisotopic (exact) mass is 220 g/mol. The topological polar surface area (TPSA) is 41.1 Å². The molecule has 0 atom stereocenters. The van der Waals surface area contributed by atoms with E-state index in [2.05, 4.69) is 17.6 Å². The molecule has 16 heavy (non-hydrogen) atoms. The van der Waals surface area contributed by atoms with Gasteiger partial charge in [0.25, 0.3) is 0 Å². The van der Waals surface area contributed by atoms with Crippen molar-refractivity contribution in [2.24, 2.45) is 0 Å². The third-order valence-electron chi connectivity index (χ3n) is 2.32. The van der Waals surface area contributed by atoms with Crippen LogP contribution in [0, 0.1) is 6.92 Å². The van der Waals surface area contributed by atoms with Crippen molar-refractivity contribution in [2.75, 3.05) is 18.4 Å². The second kappa shape index (κ2) is 6.88. The average molecular weight is 220 g/mol. The van der Waals surface area contributed by atoms with E-state index in [1.165, 1.54) is 5.56 Å². The van der Waals surface area contributed by atoms with Crippen molar-refractivity contribution in [3.8, 4) is 0 Å². The molecule has 1 amide bonds. The lowest BCUT2D eigenvalue weighted by Crippen LogP contribution is -2.30.